The number of nitrogens with zero attached hydrogens (tertiary/aromatic N) is 2. The van der Waals surface area contributed by atoms with Crippen LogP contribution in [-0.2, 0) is 4.79 Å². The number of allylic oxidation sites excluding steroid dienone is 1. The average Bonchev–Trinajstić information content (AvgIpc) is 3.23. The Morgan fingerprint density at radius 1 is 1.43 bits per heavy atom. The van der Waals surface area contributed by atoms with Crippen LogP contribution in [0.15, 0.2) is 28.5 Å². The fourth-order valence-electron chi connectivity index (χ4n) is 4.23. The van der Waals surface area contributed by atoms with Gasteiger partial charge in [-0.2, -0.15) is 4.59 Å². The van der Waals surface area contributed by atoms with Crippen LogP contribution in [0.3, 0.4) is 0 Å². The van der Waals surface area contributed by atoms with E-state index in [-0.39, 0.29) is 11.4 Å². The summed E-state index contributed by atoms with van der Waals surface area (Å²) in [5, 5.41) is 8.06. The fraction of sp³-hybridized carbons (Fsp3) is 0.684. The molecule has 0 saturated heterocycles. The molecule has 4 heteroatoms. The van der Waals surface area contributed by atoms with E-state index in [1.165, 1.54) is 18.4 Å². The first-order valence-corrected chi connectivity index (χ1v) is 9.04. The molecule has 1 aliphatic carbocycles. The van der Waals surface area contributed by atoms with Crippen LogP contribution < -0.4 is 5.32 Å². The Hall–Kier alpha value is -1.42. The number of hydrogen-bond acceptors (Lipinski definition) is 2. The molecule has 0 radical (unpaired) electrons. The molecule has 1 N–H and O–H groups in total. The van der Waals surface area contributed by atoms with Gasteiger partial charge in [0.15, 0.2) is 0 Å². The van der Waals surface area contributed by atoms with Gasteiger partial charge in [0.1, 0.15) is 18.8 Å². The van der Waals surface area contributed by atoms with Gasteiger partial charge in [-0.25, -0.2) is 0 Å². The van der Waals surface area contributed by atoms with E-state index >= 15 is 0 Å². The maximum atomic E-state index is 12.9. The second-order valence-corrected chi connectivity index (χ2v) is 7.81. The predicted octanol–water partition coefficient (Wildman–Crippen LogP) is 3.51. The minimum Gasteiger partial charge on any atom is -0.346 e. The number of quaternary nitrogens is 1. The summed E-state index contributed by atoms with van der Waals surface area (Å²) in [4.78, 5) is 12.9. The molecule has 0 aromatic carbocycles. The lowest BCUT2D eigenvalue weighted by Crippen LogP contribution is -2.56. The van der Waals surface area contributed by atoms with Gasteiger partial charge in [-0.15, -0.1) is 0 Å². The molecule has 23 heavy (non-hydrogen) atoms. The summed E-state index contributed by atoms with van der Waals surface area (Å²) >= 11 is 0. The zero-order valence-electron chi connectivity index (χ0n) is 14.9. The van der Waals surface area contributed by atoms with E-state index in [4.69, 9.17) is 0 Å². The Bertz CT molecular complexity index is 571. The van der Waals surface area contributed by atoms with E-state index in [0.29, 0.717) is 23.1 Å². The number of rotatable bonds is 6. The predicted molar refractivity (Wildman–Crippen MR) is 93.7 cm³/mol. The average molecular weight is 316 g/mol. The lowest BCUT2D eigenvalue weighted by atomic mass is 9.78. The Labute approximate surface area is 139 Å². The van der Waals surface area contributed by atoms with Gasteiger partial charge in [0.25, 0.3) is 5.91 Å². The van der Waals surface area contributed by atoms with Crippen molar-refractivity contribution in [1.82, 2.24) is 5.32 Å². The van der Waals surface area contributed by atoms with Crippen molar-refractivity contribution in [1.29, 1.82) is 0 Å². The number of nitrogens with one attached hydrogen (secondary N) is 1. The van der Waals surface area contributed by atoms with E-state index in [1.54, 1.807) is 0 Å². The van der Waals surface area contributed by atoms with Crippen LogP contribution in [0.4, 0.5) is 0 Å². The molecule has 2 heterocycles. The first-order valence-electron chi connectivity index (χ1n) is 9.04. The zero-order valence-corrected chi connectivity index (χ0v) is 14.9. The van der Waals surface area contributed by atoms with E-state index in [2.05, 4.69) is 44.3 Å². The van der Waals surface area contributed by atoms with Crippen molar-refractivity contribution >= 4 is 12.1 Å². The number of amides is 1. The molecule has 2 aliphatic heterocycles. The van der Waals surface area contributed by atoms with Crippen LogP contribution in [-0.4, -0.2) is 34.8 Å². The normalized spacial score (nSPS) is 33.7. The molecule has 4 nitrogen and oxygen atoms in total. The Morgan fingerprint density at radius 2 is 2.17 bits per heavy atom. The molecule has 0 aromatic rings. The third-order valence-corrected chi connectivity index (χ3v) is 5.80. The topological polar surface area (TPSA) is 41.5 Å². The minimum atomic E-state index is 0.0200. The van der Waals surface area contributed by atoms with Gasteiger partial charge in [0, 0.05) is 11.6 Å². The van der Waals surface area contributed by atoms with E-state index in [9.17, 15) is 4.79 Å². The third-order valence-electron chi connectivity index (χ3n) is 5.80. The monoisotopic (exact) mass is 316 g/mol. The molecule has 2 unspecified atom stereocenters. The van der Waals surface area contributed by atoms with Crippen molar-refractivity contribution in [3.8, 4) is 0 Å². The summed E-state index contributed by atoms with van der Waals surface area (Å²) in [7, 11) is 0. The summed E-state index contributed by atoms with van der Waals surface area (Å²) in [6.45, 7) is 9.36. The van der Waals surface area contributed by atoms with Crippen molar-refractivity contribution in [3.05, 3.63) is 23.4 Å². The fourth-order valence-corrected chi connectivity index (χ4v) is 4.23. The van der Waals surface area contributed by atoms with E-state index in [1.807, 2.05) is 12.3 Å². The highest BCUT2D eigenvalue weighted by Gasteiger charge is 2.49. The lowest BCUT2D eigenvalue weighted by Gasteiger charge is -2.41. The van der Waals surface area contributed by atoms with Crippen LogP contribution in [0, 0.1) is 5.92 Å². The second kappa shape index (κ2) is 5.90. The van der Waals surface area contributed by atoms with Gasteiger partial charge in [0.05, 0.1) is 11.8 Å². The first kappa shape index (κ1) is 16.4. The maximum Gasteiger partial charge on any atom is 0.253 e. The molecular formula is C19H30N3O+. The summed E-state index contributed by atoms with van der Waals surface area (Å²) in [6.07, 6.45) is 11.7. The summed E-state index contributed by atoms with van der Waals surface area (Å²) in [5.41, 5.74) is 2.23. The van der Waals surface area contributed by atoms with Gasteiger partial charge in [-0.05, 0) is 52.4 Å². The molecule has 0 aromatic heterocycles. The second-order valence-electron chi connectivity index (χ2n) is 7.81. The molecule has 1 saturated carbocycles. The zero-order chi connectivity index (χ0) is 16.7. The molecule has 3 aliphatic rings. The quantitative estimate of drug-likeness (QED) is 0.749. The lowest BCUT2D eigenvalue weighted by molar-refractivity contribution is -0.899. The molecule has 2 atom stereocenters. The third kappa shape index (κ3) is 2.89. The van der Waals surface area contributed by atoms with Gasteiger partial charge in [-0.1, -0.05) is 24.0 Å². The van der Waals surface area contributed by atoms with Crippen molar-refractivity contribution in [3.63, 3.8) is 0 Å². The maximum absolute atomic E-state index is 12.9. The van der Waals surface area contributed by atoms with Crippen LogP contribution in [0.2, 0.25) is 0 Å². The summed E-state index contributed by atoms with van der Waals surface area (Å²) in [6, 6.07) is 0.323. The van der Waals surface area contributed by atoms with Crippen LogP contribution in [0.5, 0.6) is 0 Å². The minimum absolute atomic E-state index is 0.0200. The first-order chi connectivity index (χ1) is 10.9. The molecule has 0 spiro atoms. The molecule has 3 rings (SSSR count). The highest BCUT2D eigenvalue weighted by atomic mass is 16.2. The van der Waals surface area contributed by atoms with Gasteiger partial charge >= 0.3 is 0 Å². The number of hydrogen-bond donors (Lipinski definition) is 1. The van der Waals surface area contributed by atoms with Crippen LogP contribution >= 0.6 is 0 Å². The highest BCUT2D eigenvalue weighted by Crippen LogP contribution is 2.47. The Balaban J connectivity index is 1.87. The van der Waals surface area contributed by atoms with Crippen molar-refractivity contribution in [2.24, 2.45) is 11.0 Å². The highest BCUT2D eigenvalue weighted by molar-refractivity contribution is 5.96. The van der Waals surface area contributed by atoms with Crippen molar-refractivity contribution < 1.29 is 9.39 Å². The molecule has 126 valence electrons. The Morgan fingerprint density at radius 3 is 2.65 bits per heavy atom. The molecular weight excluding hydrogens is 286 g/mol. The van der Waals surface area contributed by atoms with Crippen molar-refractivity contribution in [2.75, 3.05) is 6.54 Å². The smallest absolute Gasteiger partial charge is 0.253 e. The van der Waals surface area contributed by atoms with Crippen LogP contribution in [0.25, 0.3) is 0 Å². The number of carbonyl (C=O) groups is 1. The van der Waals surface area contributed by atoms with E-state index in [0.717, 1.165) is 24.8 Å². The van der Waals surface area contributed by atoms with Gasteiger partial charge in [-0.3, -0.25) is 4.79 Å². The standard InChI is InChI=1S/C19H29N3O/c1-5-9-19(16-7-8-16)12-15(4)17(18(23)21-19)13-22(14(2)3)11-6-10-20-22/h6,10-11,14,16H,5,7-9,12-13H2,1-4H3/p+1. The largest absolute Gasteiger partial charge is 0.346 e. The molecule has 0 bridgehead atoms. The SMILES string of the molecule is CCCC1(C2CC2)CC(C)=C(C[N+]2(C(C)C)C=CC=N2)C(=O)N1. The molecule has 1 fully saturated rings. The van der Waals surface area contributed by atoms with Crippen molar-refractivity contribution in [2.45, 2.75) is 71.4 Å². The Kier molecular flexibility index (Phi) is 4.21. The van der Waals surface area contributed by atoms with Crippen LogP contribution in [0.1, 0.15) is 59.8 Å². The summed E-state index contributed by atoms with van der Waals surface area (Å²) in [5.74, 6) is 0.823. The summed E-state index contributed by atoms with van der Waals surface area (Å²) < 4.78 is 0.504. The van der Waals surface area contributed by atoms with Gasteiger partial charge < -0.3 is 5.32 Å². The number of carbonyl (C=O) groups excluding carboxylic acids is 1. The molecule has 1 amide bonds. The van der Waals surface area contributed by atoms with E-state index < -0.39 is 0 Å². The van der Waals surface area contributed by atoms with Gasteiger partial charge in [0.2, 0.25) is 0 Å².